The molecule has 4 rings (SSSR count). The van der Waals surface area contributed by atoms with E-state index in [1.807, 2.05) is 0 Å². The summed E-state index contributed by atoms with van der Waals surface area (Å²) in [5.74, 6) is 1.10. The Morgan fingerprint density at radius 3 is 2.43 bits per heavy atom. The topological polar surface area (TPSA) is 72.9 Å². The zero-order valence-electron chi connectivity index (χ0n) is 15.4. The van der Waals surface area contributed by atoms with Crippen molar-refractivity contribution in [3.8, 4) is 11.5 Å². The Hall–Kier alpha value is -2.09. The largest absolute Gasteiger partial charge is 0.497 e. The van der Waals surface area contributed by atoms with Crippen LogP contribution in [-0.2, 0) is 10.0 Å². The van der Waals surface area contributed by atoms with E-state index in [-0.39, 0.29) is 17.1 Å². The second-order valence-electron chi connectivity index (χ2n) is 7.11. The third-order valence-corrected chi connectivity index (χ3v) is 7.53. The molecule has 0 amide bonds. The van der Waals surface area contributed by atoms with Crippen LogP contribution in [0.2, 0.25) is 5.02 Å². The first kappa shape index (κ1) is 19.2. The fourth-order valence-corrected chi connectivity index (χ4v) is 5.39. The molecular weight excluding hydrogens is 402 g/mol. The minimum atomic E-state index is -3.60. The van der Waals surface area contributed by atoms with Gasteiger partial charge in [-0.25, -0.2) is 8.42 Å². The van der Waals surface area contributed by atoms with E-state index in [2.05, 4.69) is 0 Å². The van der Waals surface area contributed by atoms with Crippen LogP contribution in [0, 0.1) is 0 Å². The van der Waals surface area contributed by atoms with E-state index in [0.717, 1.165) is 0 Å². The third kappa shape index (κ3) is 3.38. The number of rotatable bonds is 3. The first-order valence-electron chi connectivity index (χ1n) is 8.99. The first-order valence-corrected chi connectivity index (χ1v) is 10.8. The van der Waals surface area contributed by atoms with E-state index in [0.29, 0.717) is 48.0 Å². The quantitative estimate of drug-likeness (QED) is 0.757. The molecule has 0 aromatic heterocycles. The van der Waals surface area contributed by atoms with Gasteiger partial charge >= 0.3 is 0 Å². The Bertz CT molecular complexity index is 1010. The summed E-state index contributed by atoms with van der Waals surface area (Å²) in [6.07, 6.45) is 1.14. The second kappa shape index (κ2) is 7.06. The molecule has 6 nitrogen and oxygen atoms in total. The lowest BCUT2D eigenvalue weighted by Gasteiger charge is -2.43. The molecular formula is C20H20ClNO5S. The molecule has 2 aliphatic heterocycles. The standard InChI is InChI=1S/C20H20ClNO5S/c1-26-15-3-5-16(6-4-15)28(24,25)22-10-8-20(9-11-22)13-18(23)17-12-14(21)2-7-19(17)27-20/h2-7,12H,8-11,13H2,1H3. The molecule has 1 spiro atoms. The summed E-state index contributed by atoms with van der Waals surface area (Å²) >= 11 is 5.98. The molecule has 2 aromatic carbocycles. The number of Topliss-reactive ketones (excluding diaryl/α,β-unsaturated/α-hetero) is 1. The molecule has 0 aliphatic carbocycles. The minimum absolute atomic E-state index is 0.0183. The van der Waals surface area contributed by atoms with Gasteiger partial charge in [-0.2, -0.15) is 4.31 Å². The van der Waals surface area contributed by atoms with Crippen LogP contribution in [0.25, 0.3) is 0 Å². The van der Waals surface area contributed by atoms with E-state index in [1.165, 1.54) is 11.4 Å². The van der Waals surface area contributed by atoms with Crippen molar-refractivity contribution in [1.82, 2.24) is 4.31 Å². The van der Waals surface area contributed by atoms with Gasteiger partial charge in [0.05, 0.1) is 24.0 Å². The van der Waals surface area contributed by atoms with Crippen molar-refractivity contribution < 1.29 is 22.7 Å². The molecule has 28 heavy (non-hydrogen) atoms. The Balaban J connectivity index is 1.51. The van der Waals surface area contributed by atoms with Gasteiger partial charge in [-0.3, -0.25) is 4.79 Å². The van der Waals surface area contributed by atoms with E-state index >= 15 is 0 Å². The molecule has 0 saturated carbocycles. The molecule has 0 atom stereocenters. The Labute approximate surface area is 169 Å². The number of carbonyl (C=O) groups is 1. The average molecular weight is 422 g/mol. The number of halogens is 1. The SMILES string of the molecule is COc1ccc(S(=O)(=O)N2CCC3(CC2)CC(=O)c2cc(Cl)ccc2O3)cc1. The van der Waals surface area contributed by atoms with Crippen molar-refractivity contribution in [1.29, 1.82) is 0 Å². The summed E-state index contributed by atoms with van der Waals surface area (Å²) in [5, 5.41) is 0.493. The predicted molar refractivity (Wildman–Crippen MR) is 105 cm³/mol. The van der Waals surface area contributed by atoms with Crippen molar-refractivity contribution in [2.45, 2.75) is 29.8 Å². The molecule has 0 bridgehead atoms. The zero-order valence-corrected chi connectivity index (χ0v) is 16.9. The van der Waals surface area contributed by atoms with Gasteiger partial charge in [0.2, 0.25) is 10.0 Å². The van der Waals surface area contributed by atoms with Crippen molar-refractivity contribution in [3.63, 3.8) is 0 Å². The monoisotopic (exact) mass is 421 g/mol. The van der Waals surface area contributed by atoms with Gasteiger partial charge in [0.25, 0.3) is 0 Å². The van der Waals surface area contributed by atoms with Crippen LogP contribution in [0.1, 0.15) is 29.6 Å². The van der Waals surface area contributed by atoms with Gasteiger partial charge in [-0.05, 0) is 42.5 Å². The molecule has 2 aliphatic rings. The molecule has 0 unspecified atom stereocenters. The molecule has 8 heteroatoms. The lowest BCUT2D eigenvalue weighted by molar-refractivity contribution is 0.00591. The highest BCUT2D eigenvalue weighted by Crippen LogP contribution is 2.41. The summed E-state index contributed by atoms with van der Waals surface area (Å²) in [6, 6.07) is 11.4. The average Bonchev–Trinajstić information content (AvgIpc) is 2.69. The maximum Gasteiger partial charge on any atom is 0.243 e. The number of hydrogen-bond donors (Lipinski definition) is 0. The minimum Gasteiger partial charge on any atom is -0.497 e. The second-order valence-corrected chi connectivity index (χ2v) is 9.48. The Morgan fingerprint density at radius 1 is 1.11 bits per heavy atom. The fraction of sp³-hybridized carbons (Fsp3) is 0.350. The van der Waals surface area contributed by atoms with E-state index < -0.39 is 15.6 Å². The number of piperidine rings is 1. The molecule has 2 aromatic rings. The summed E-state index contributed by atoms with van der Waals surface area (Å²) in [4.78, 5) is 12.8. The van der Waals surface area contributed by atoms with Crippen molar-refractivity contribution in [2.24, 2.45) is 0 Å². The van der Waals surface area contributed by atoms with Crippen LogP contribution < -0.4 is 9.47 Å². The summed E-state index contributed by atoms with van der Waals surface area (Å²) in [5.41, 5.74) is -0.171. The van der Waals surface area contributed by atoms with E-state index in [1.54, 1.807) is 42.5 Å². The smallest absolute Gasteiger partial charge is 0.243 e. The van der Waals surface area contributed by atoms with Crippen molar-refractivity contribution >= 4 is 27.4 Å². The molecule has 2 heterocycles. The highest BCUT2D eigenvalue weighted by atomic mass is 35.5. The summed E-state index contributed by atoms with van der Waals surface area (Å²) in [7, 11) is -2.07. The lowest BCUT2D eigenvalue weighted by atomic mass is 9.83. The Kier molecular flexibility index (Phi) is 4.85. The number of hydrogen-bond acceptors (Lipinski definition) is 5. The summed E-state index contributed by atoms with van der Waals surface area (Å²) in [6.45, 7) is 0.592. The number of carbonyl (C=O) groups excluding carboxylic acids is 1. The Morgan fingerprint density at radius 2 is 1.79 bits per heavy atom. The van der Waals surface area contributed by atoms with Gasteiger partial charge in [-0.1, -0.05) is 11.6 Å². The van der Waals surface area contributed by atoms with Crippen LogP contribution >= 0.6 is 11.6 Å². The zero-order chi connectivity index (χ0) is 19.9. The van der Waals surface area contributed by atoms with E-state index in [4.69, 9.17) is 21.1 Å². The van der Waals surface area contributed by atoms with E-state index in [9.17, 15) is 13.2 Å². The molecule has 0 radical (unpaired) electrons. The van der Waals surface area contributed by atoms with Crippen LogP contribution in [-0.4, -0.2) is 44.3 Å². The van der Waals surface area contributed by atoms with Crippen LogP contribution in [0.5, 0.6) is 11.5 Å². The first-order chi connectivity index (χ1) is 13.3. The number of ketones is 1. The highest BCUT2D eigenvalue weighted by Gasteiger charge is 2.45. The maximum absolute atomic E-state index is 12.9. The van der Waals surface area contributed by atoms with Crippen molar-refractivity contribution in [3.05, 3.63) is 53.1 Å². The number of ether oxygens (including phenoxy) is 2. The molecule has 1 saturated heterocycles. The number of benzene rings is 2. The lowest BCUT2D eigenvalue weighted by Crippen LogP contribution is -2.52. The number of sulfonamides is 1. The van der Waals surface area contributed by atoms with Crippen LogP contribution in [0.15, 0.2) is 47.4 Å². The third-order valence-electron chi connectivity index (χ3n) is 5.38. The van der Waals surface area contributed by atoms with Gasteiger partial charge < -0.3 is 9.47 Å². The van der Waals surface area contributed by atoms with Gasteiger partial charge in [0.1, 0.15) is 17.1 Å². The van der Waals surface area contributed by atoms with Gasteiger partial charge in [-0.15, -0.1) is 0 Å². The highest BCUT2D eigenvalue weighted by molar-refractivity contribution is 7.89. The van der Waals surface area contributed by atoms with Crippen LogP contribution in [0.4, 0.5) is 0 Å². The number of methoxy groups -OCH3 is 1. The van der Waals surface area contributed by atoms with Crippen molar-refractivity contribution in [2.75, 3.05) is 20.2 Å². The number of nitrogens with zero attached hydrogens (tertiary/aromatic N) is 1. The van der Waals surface area contributed by atoms with Gasteiger partial charge in [0, 0.05) is 31.0 Å². The molecule has 148 valence electrons. The van der Waals surface area contributed by atoms with Gasteiger partial charge in [0.15, 0.2) is 5.78 Å². The number of fused-ring (bicyclic) bond motifs is 1. The van der Waals surface area contributed by atoms with Crippen LogP contribution in [0.3, 0.4) is 0 Å². The summed E-state index contributed by atoms with van der Waals surface area (Å²) < 4.78 is 38.5. The molecule has 1 fully saturated rings. The predicted octanol–water partition coefficient (Wildman–Crippen LogP) is 3.54. The maximum atomic E-state index is 12.9. The normalized spacial score (nSPS) is 19.1. The fourth-order valence-electron chi connectivity index (χ4n) is 3.78. The molecule has 0 N–H and O–H groups in total.